The molecule has 0 bridgehead atoms. The molecule has 0 spiro atoms. The average molecular weight is 540 g/mol. The van der Waals surface area contributed by atoms with Gasteiger partial charge >= 0.3 is 12.2 Å². The summed E-state index contributed by atoms with van der Waals surface area (Å²) >= 11 is 0. The summed E-state index contributed by atoms with van der Waals surface area (Å²) in [4.78, 5) is 39.0. The number of nitrogens with zero attached hydrogens (tertiary/aromatic N) is 3. The van der Waals surface area contributed by atoms with Crippen molar-refractivity contribution in [2.24, 2.45) is 11.8 Å². The molecule has 0 aromatic heterocycles. The Hall–Kier alpha value is -3.05. The Kier molecular flexibility index (Phi) is 8.99. The van der Waals surface area contributed by atoms with Crippen LogP contribution in [0, 0.1) is 22.0 Å². The molecule has 1 aromatic rings. The Balaban J connectivity index is 1.18. The Morgan fingerprint density at radius 2 is 1.58 bits per heavy atom. The van der Waals surface area contributed by atoms with E-state index >= 15 is 0 Å². The van der Waals surface area contributed by atoms with E-state index in [1.54, 1.807) is 4.90 Å². The molecule has 2 saturated heterocycles. The molecule has 2 N–H and O–H groups in total. The van der Waals surface area contributed by atoms with Crippen molar-refractivity contribution in [2.75, 3.05) is 38.0 Å². The van der Waals surface area contributed by atoms with E-state index in [0.717, 1.165) is 63.7 Å². The normalized spacial score (nSPS) is 20.3. The second kappa shape index (κ2) is 12.2. The first-order valence-electron chi connectivity index (χ1n) is 13.6. The van der Waals surface area contributed by atoms with Crippen LogP contribution >= 0.6 is 0 Å². The number of alkyl halides is 3. The number of nitro benzene ring substituents is 1. The van der Waals surface area contributed by atoms with Gasteiger partial charge in [0.2, 0.25) is 5.91 Å². The molecule has 3 fully saturated rings. The summed E-state index contributed by atoms with van der Waals surface area (Å²) in [6.45, 7) is 2.95. The molecule has 38 heavy (non-hydrogen) atoms. The number of benzene rings is 1. The highest BCUT2D eigenvalue weighted by Crippen LogP contribution is 2.38. The van der Waals surface area contributed by atoms with Gasteiger partial charge in [0.1, 0.15) is 5.56 Å². The maximum Gasteiger partial charge on any atom is 0.423 e. The van der Waals surface area contributed by atoms with Crippen LogP contribution in [-0.2, 0) is 11.0 Å². The summed E-state index contributed by atoms with van der Waals surface area (Å²) in [6.07, 6.45) is 3.53. The molecule has 3 amide bonds. The van der Waals surface area contributed by atoms with Gasteiger partial charge < -0.3 is 20.4 Å². The highest BCUT2D eigenvalue weighted by Gasteiger charge is 2.38. The summed E-state index contributed by atoms with van der Waals surface area (Å²) in [5.41, 5.74) is -2.09. The topological polar surface area (TPSA) is 108 Å². The van der Waals surface area contributed by atoms with Gasteiger partial charge in [-0.3, -0.25) is 14.9 Å². The van der Waals surface area contributed by atoms with Crippen LogP contribution in [0.2, 0.25) is 0 Å². The lowest BCUT2D eigenvalue weighted by atomic mass is 9.87. The third-order valence-corrected chi connectivity index (χ3v) is 8.07. The summed E-state index contributed by atoms with van der Waals surface area (Å²) in [7, 11) is 0. The lowest BCUT2D eigenvalue weighted by Crippen LogP contribution is -2.49. The van der Waals surface area contributed by atoms with E-state index in [-0.39, 0.29) is 23.7 Å². The van der Waals surface area contributed by atoms with Gasteiger partial charge in [0.25, 0.3) is 5.69 Å². The monoisotopic (exact) mass is 539 g/mol. The van der Waals surface area contributed by atoms with Crippen LogP contribution in [0.1, 0.15) is 63.4 Å². The Bertz CT molecular complexity index is 999. The van der Waals surface area contributed by atoms with Crippen molar-refractivity contribution in [3.63, 3.8) is 0 Å². The van der Waals surface area contributed by atoms with Gasteiger partial charge in [-0.25, -0.2) is 4.79 Å². The minimum atomic E-state index is -4.83. The molecule has 9 nitrogen and oxygen atoms in total. The van der Waals surface area contributed by atoms with Gasteiger partial charge in [-0.1, -0.05) is 19.3 Å². The largest absolute Gasteiger partial charge is 0.423 e. The zero-order chi connectivity index (χ0) is 27.3. The van der Waals surface area contributed by atoms with Gasteiger partial charge in [-0.05, 0) is 56.6 Å². The molecular formula is C26H36F3N5O4. The van der Waals surface area contributed by atoms with E-state index in [0.29, 0.717) is 44.3 Å². The number of carbonyl (C=O) groups is 2. The number of amides is 3. The standard InChI is InChI=1S/C26H36F3N5O4/c27-26(28,29)22-16-21(6-7-23(22)34(37)38)31-20-10-14-33(15-11-20)25(36)30-17-18-8-12-32(13-9-18)24(35)19-4-2-1-3-5-19/h6-7,16,18-20,31H,1-5,8-15,17H2,(H,30,36). The number of piperidine rings is 2. The van der Waals surface area contributed by atoms with Crippen molar-refractivity contribution in [1.29, 1.82) is 0 Å². The fourth-order valence-corrected chi connectivity index (χ4v) is 5.78. The minimum Gasteiger partial charge on any atom is -0.382 e. The number of nitrogens with one attached hydrogen (secondary N) is 2. The van der Waals surface area contributed by atoms with Crippen LogP contribution in [0.15, 0.2) is 18.2 Å². The van der Waals surface area contributed by atoms with Crippen LogP contribution in [-0.4, -0.2) is 65.4 Å². The molecule has 2 aliphatic heterocycles. The lowest BCUT2D eigenvalue weighted by Gasteiger charge is -2.36. The zero-order valence-electron chi connectivity index (χ0n) is 21.5. The molecule has 3 aliphatic rings. The van der Waals surface area contributed by atoms with Crippen molar-refractivity contribution in [3.05, 3.63) is 33.9 Å². The number of anilines is 1. The zero-order valence-corrected chi connectivity index (χ0v) is 21.5. The average Bonchev–Trinajstić information content (AvgIpc) is 2.92. The highest BCUT2D eigenvalue weighted by molar-refractivity contribution is 5.79. The number of nitro groups is 1. The van der Waals surface area contributed by atoms with Crippen molar-refractivity contribution in [3.8, 4) is 0 Å². The van der Waals surface area contributed by atoms with Crippen molar-refractivity contribution in [1.82, 2.24) is 15.1 Å². The number of urea groups is 1. The van der Waals surface area contributed by atoms with Crippen LogP contribution in [0.5, 0.6) is 0 Å². The summed E-state index contributed by atoms with van der Waals surface area (Å²) < 4.78 is 39.7. The summed E-state index contributed by atoms with van der Waals surface area (Å²) in [5.74, 6) is 0.815. The second-order valence-corrected chi connectivity index (χ2v) is 10.7. The molecule has 0 radical (unpaired) electrons. The van der Waals surface area contributed by atoms with Crippen molar-refractivity contribution < 1.29 is 27.7 Å². The van der Waals surface area contributed by atoms with Gasteiger partial charge in [-0.2, -0.15) is 13.2 Å². The van der Waals surface area contributed by atoms with Crippen LogP contribution in [0.25, 0.3) is 0 Å². The molecular weight excluding hydrogens is 503 g/mol. The maximum atomic E-state index is 13.2. The molecule has 1 saturated carbocycles. The number of carbonyl (C=O) groups excluding carboxylic acids is 2. The van der Waals surface area contributed by atoms with Gasteiger partial charge in [0.05, 0.1) is 4.92 Å². The fourth-order valence-electron chi connectivity index (χ4n) is 5.78. The molecule has 1 aromatic carbocycles. The summed E-state index contributed by atoms with van der Waals surface area (Å²) in [5, 5.41) is 17.0. The number of hydrogen-bond donors (Lipinski definition) is 2. The first-order valence-corrected chi connectivity index (χ1v) is 13.6. The number of likely N-dealkylation sites (tertiary alicyclic amines) is 2. The van der Waals surface area contributed by atoms with Crippen molar-refractivity contribution >= 4 is 23.3 Å². The minimum absolute atomic E-state index is 0.146. The van der Waals surface area contributed by atoms with Crippen LogP contribution < -0.4 is 10.6 Å². The fraction of sp³-hybridized carbons (Fsp3) is 0.692. The molecule has 2 heterocycles. The van der Waals surface area contributed by atoms with E-state index < -0.39 is 22.4 Å². The second-order valence-electron chi connectivity index (χ2n) is 10.7. The predicted molar refractivity (Wildman–Crippen MR) is 136 cm³/mol. The molecule has 4 rings (SSSR count). The Labute approximate surface area is 220 Å². The highest BCUT2D eigenvalue weighted by atomic mass is 19.4. The quantitative estimate of drug-likeness (QED) is 0.390. The Morgan fingerprint density at radius 1 is 0.947 bits per heavy atom. The molecule has 0 atom stereocenters. The first-order chi connectivity index (χ1) is 18.1. The van der Waals surface area contributed by atoms with E-state index in [1.807, 2.05) is 4.90 Å². The first kappa shape index (κ1) is 28.0. The van der Waals surface area contributed by atoms with Crippen LogP contribution in [0.4, 0.5) is 29.3 Å². The van der Waals surface area contributed by atoms with E-state index in [2.05, 4.69) is 10.6 Å². The third-order valence-electron chi connectivity index (χ3n) is 8.07. The maximum absolute atomic E-state index is 13.2. The van der Waals surface area contributed by atoms with E-state index in [4.69, 9.17) is 0 Å². The third kappa shape index (κ3) is 7.08. The molecule has 210 valence electrons. The summed E-state index contributed by atoms with van der Waals surface area (Å²) in [6, 6.07) is 2.61. The predicted octanol–water partition coefficient (Wildman–Crippen LogP) is 5.02. The molecule has 1 aliphatic carbocycles. The van der Waals surface area contributed by atoms with E-state index in [1.165, 1.54) is 12.5 Å². The molecule has 12 heteroatoms. The Morgan fingerprint density at radius 3 is 2.18 bits per heavy atom. The van der Waals surface area contributed by atoms with Gasteiger partial charge in [0, 0.05) is 56.4 Å². The van der Waals surface area contributed by atoms with Gasteiger partial charge in [0.15, 0.2) is 0 Å². The number of hydrogen-bond acceptors (Lipinski definition) is 5. The number of rotatable bonds is 6. The van der Waals surface area contributed by atoms with E-state index in [9.17, 15) is 32.9 Å². The number of halogens is 3. The molecule has 0 unspecified atom stereocenters. The van der Waals surface area contributed by atoms with Gasteiger partial charge in [-0.15, -0.1) is 0 Å². The lowest BCUT2D eigenvalue weighted by molar-refractivity contribution is -0.388. The van der Waals surface area contributed by atoms with Crippen molar-refractivity contribution in [2.45, 2.75) is 70.0 Å². The SMILES string of the molecule is O=C(NCC1CCN(C(=O)C2CCCCC2)CC1)N1CCC(Nc2ccc([N+](=O)[O-])c(C(F)(F)F)c2)CC1. The smallest absolute Gasteiger partial charge is 0.382 e. The van der Waals surface area contributed by atoms with Crippen LogP contribution in [0.3, 0.4) is 0 Å².